The van der Waals surface area contributed by atoms with Gasteiger partial charge >= 0.3 is 28.9 Å². The topological polar surface area (TPSA) is 500 Å². The second-order valence-corrected chi connectivity index (χ2v) is 28.2. The van der Waals surface area contributed by atoms with Crippen molar-refractivity contribution < 1.29 is 57.7 Å². The molecule has 1 fully saturated rings. The van der Waals surface area contributed by atoms with Crippen LogP contribution in [0, 0.1) is 13.8 Å². The molecular weight excluding hydrogens is 1600 g/mol. The van der Waals surface area contributed by atoms with Crippen LogP contribution in [0.5, 0.6) is 23.0 Å². The van der Waals surface area contributed by atoms with Crippen LogP contribution in [0.2, 0.25) is 10.0 Å². The Morgan fingerprint density at radius 3 is 1.82 bits per heavy atom. The van der Waals surface area contributed by atoms with Crippen LogP contribution in [-0.2, 0) is 33.4 Å². The minimum absolute atomic E-state index is 0.00424. The van der Waals surface area contributed by atoms with Crippen molar-refractivity contribution in [3.8, 4) is 68.7 Å². The van der Waals surface area contributed by atoms with Gasteiger partial charge in [-0.2, -0.15) is 28.1 Å². The molecule has 618 valence electrons. The second-order valence-electron chi connectivity index (χ2n) is 27.3. The van der Waals surface area contributed by atoms with Crippen molar-refractivity contribution in [2.24, 2.45) is 14.1 Å². The summed E-state index contributed by atoms with van der Waals surface area (Å²) < 4.78 is 67.9. The van der Waals surface area contributed by atoms with Gasteiger partial charge in [0, 0.05) is 73.7 Å². The number of nitrogens with two attached hydrogens (primary N) is 2. The van der Waals surface area contributed by atoms with Gasteiger partial charge in [-0.1, -0.05) is 35.3 Å². The summed E-state index contributed by atoms with van der Waals surface area (Å²) in [7, 11) is 5.93. The van der Waals surface area contributed by atoms with Gasteiger partial charge in [0.2, 0.25) is 6.79 Å². The molecule has 10 heterocycles. The number of halogens is 5. The zero-order valence-electron chi connectivity index (χ0n) is 63.7. The first-order valence-corrected chi connectivity index (χ1v) is 36.8. The number of aromatic nitrogens is 16. The third kappa shape index (κ3) is 17.4. The predicted octanol–water partition coefficient (Wildman–Crippen LogP) is 3.40. The number of β-amino-alcohol motifs (C(OH)–C–C–N with tert-alkyl or cyclic N) is 1. The van der Waals surface area contributed by atoms with Gasteiger partial charge in [0.05, 0.1) is 74.3 Å². The summed E-state index contributed by atoms with van der Waals surface area (Å²) in [6.45, 7) is 6.94. The molecule has 4 aliphatic heterocycles. The number of fused-ring (bicyclic) bond motifs is 6. The zero-order chi connectivity index (χ0) is 85.3. The average Bonchev–Trinajstić information content (AvgIpc) is 1.47. The van der Waals surface area contributed by atoms with Gasteiger partial charge in [-0.25, -0.2) is 48.2 Å². The molecule has 0 amide bonds. The number of anilines is 3. The molecule has 0 bridgehead atoms. The van der Waals surface area contributed by atoms with Crippen molar-refractivity contribution in [1.29, 1.82) is 0 Å². The third-order valence-corrected chi connectivity index (χ3v) is 20.1. The molecule has 12 aromatic rings. The van der Waals surface area contributed by atoms with E-state index in [0.717, 1.165) is 75.3 Å². The summed E-state index contributed by atoms with van der Waals surface area (Å²) in [5.41, 5.74) is 11.2. The van der Waals surface area contributed by atoms with Gasteiger partial charge in [-0.15, -0.1) is 0 Å². The predicted molar refractivity (Wildman–Crippen MR) is 432 cm³/mol. The van der Waals surface area contributed by atoms with E-state index in [4.69, 9.17) is 58.7 Å². The highest BCUT2D eigenvalue weighted by molar-refractivity contribution is 6.31. The molecule has 4 atom stereocenters. The highest BCUT2D eigenvalue weighted by atomic mass is 35.5. The molecule has 16 rings (SSSR count). The number of nitrogens with one attached hydrogen (secondary N) is 3. The lowest BCUT2D eigenvalue weighted by Crippen LogP contribution is -2.49. The van der Waals surface area contributed by atoms with Gasteiger partial charge in [0.25, 0.3) is 22.2 Å². The first-order valence-electron chi connectivity index (χ1n) is 36.0. The average molecular weight is 1680 g/mol. The number of hydrogen-bond donors (Lipinski definition) is 10. The third-order valence-electron chi connectivity index (χ3n) is 19.6. The molecule has 1 saturated heterocycles. The number of hydrogen-bond acceptors (Lipinski definition) is 28. The van der Waals surface area contributed by atoms with E-state index in [1.807, 2.05) is 38.1 Å². The molecule has 6 aromatic carbocycles. The van der Waals surface area contributed by atoms with Crippen molar-refractivity contribution in [2.45, 2.75) is 57.5 Å². The number of aliphatic hydroxyl groups is 5. The van der Waals surface area contributed by atoms with E-state index < -0.39 is 87.8 Å². The van der Waals surface area contributed by atoms with Gasteiger partial charge in [-0.05, 0) is 134 Å². The number of imidazole rings is 1. The number of aromatic amines is 3. The summed E-state index contributed by atoms with van der Waals surface area (Å²) in [5.74, 6) is 1.92. The fourth-order valence-electron chi connectivity index (χ4n) is 13.3. The monoisotopic (exact) mass is 1680 g/mol. The Bertz CT molecular complexity index is 6740. The molecule has 42 heteroatoms. The van der Waals surface area contributed by atoms with Crippen LogP contribution in [0.4, 0.5) is 30.5 Å². The van der Waals surface area contributed by atoms with E-state index in [-0.39, 0.29) is 82.4 Å². The first-order chi connectivity index (χ1) is 56.7. The SMILES string of the molecule is COc1ccc(-c2nc3c(N)n(-c4cccc(C(F)(F)F)c4)c(=O)nc3c(=O)[nH]2)cc1OC.Cc1cc2nc3c(=O)[nH]c(=O)nc-3n(CC(O)C(O)C(O)CO)c2cc1C.Cn1c(=O)c2c(ncn2CC(O)CN2CCN(c3cccc(Cl)c3)CC2)n(C)c1=O.Nc1c2nc(-c3ccc4c(c3)OCO4)[nH]c(=O)c2nc(=O)n1-c1ccc(Cl)cc1. The van der Waals surface area contributed by atoms with E-state index >= 15 is 0 Å². The van der Waals surface area contributed by atoms with Crippen LogP contribution >= 0.6 is 23.2 Å². The zero-order valence-corrected chi connectivity index (χ0v) is 65.2. The van der Waals surface area contributed by atoms with Gasteiger partial charge in [0.15, 0.2) is 56.7 Å². The fourth-order valence-corrected chi connectivity index (χ4v) is 13.6. The maximum absolute atomic E-state index is 13.1. The van der Waals surface area contributed by atoms with Crippen LogP contribution in [0.1, 0.15) is 16.7 Å². The second kappa shape index (κ2) is 34.4. The highest BCUT2D eigenvalue weighted by Gasteiger charge is 2.33. The summed E-state index contributed by atoms with van der Waals surface area (Å²) >= 11 is 12.0. The number of aliphatic hydroxyl groups excluding tert-OH is 5. The van der Waals surface area contributed by atoms with Crippen molar-refractivity contribution in [1.82, 2.24) is 82.1 Å². The van der Waals surface area contributed by atoms with Gasteiger partial charge < -0.3 is 79.9 Å². The Labute approximate surface area is 676 Å². The Hall–Kier alpha value is -13.5. The normalized spacial score (nSPS) is 13.8. The quantitative estimate of drug-likeness (QED) is 0.0620. The fraction of sp³-hybridized carbons (Fsp3) is 0.260. The largest absolute Gasteiger partial charge is 0.493 e. The molecule has 0 radical (unpaired) electrons. The number of benzene rings is 6. The summed E-state index contributed by atoms with van der Waals surface area (Å²) in [6, 6.07) is 31.8. The van der Waals surface area contributed by atoms with Crippen LogP contribution in [0.15, 0.2) is 166 Å². The van der Waals surface area contributed by atoms with Crippen molar-refractivity contribution in [3.05, 3.63) is 238 Å². The van der Waals surface area contributed by atoms with Crippen LogP contribution in [0.3, 0.4) is 0 Å². The number of piperazine rings is 1. The number of methoxy groups -OCH3 is 2. The minimum atomic E-state index is -4.63. The van der Waals surface area contributed by atoms with Crippen LogP contribution in [-0.4, -0.2) is 192 Å². The van der Waals surface area contributed by atoms with E-state index in [1.165, 1.54) is 47.4 Å². The minimum Gasteiger partial charge on any atom is -0.493 e. The Morgan fingerprint density at radius 1 is 0.588 bits per heavy atom. The first kappa shape index (κ1) is 83.5. The number of H-pyrrole nitrogens is 3. The molecular formula is C77H73Cl2F3N20O17. The standard InChI is InChI=1S/C21H16F3N5O4.C20H25ClN6O3.C19H12ClN5O4.C17H20N4O6/c1-32-13-7-6-10(8-14(13)33-2)18-26-15-16(19(30)28-18)27-20(31)29(17(15)25)12-5-3-4-11(9-12)21(22,23)24;1-23-18-17(19(29)24(2)20(23)30)27(13-22-18)12-16(28)11-25-6-8-26(9-7-25)15-5-3-4-14(21)10-15;20-10-2-4-11(5-3-10)25-16(21)14-15(23-19(25)27)18(26)24-17(22-14)9-1-6-12-13(7-9)29-8-28-12;1-7-3-9-10(4-8(7)2)21(5-11(23)14(25)12(24)6-22)15-13(18-9)16(26)20-17(27)19-15/h3-9H,25H2,1-2H3,(H,26,28,30);3-5,10,13,16,28H,6-9,11-12H2,1-2H3;1-7H,8,21H2,(H,22,24,26);3-4,11-12,14,22-25H,5-6H2,1-2H3,(H,20,26,27). The molecule has 4 unspecified atom stereocenters. The Morgan fingerprint density at radius 2 is 1.19 bits per heavy atom. The number of rotatable bonds is 16. The van der Waals surface area contributed by atoms with Crippen molar-refractivity contribution >= 4 is 84.8 Å². The van der Waals surface area contributed by atoms with Gasteiger partial charge in [0.1, 0.15) is 52.6 Å². The number of nitrogens with zero attached hydrogens (tertiary/aromatic N) is 15. The van der Waals surface area contributed by atoms with Crippen LogP contribution in [0.25, 0.3) is 89.9 Å². The lowest BCUT2D eigenvalue weighted by molar-refractivity contribution is -0.137. The van der Waals surface area contributed by atoms with E-state index in [2.05, 4.69) is 59.6 Å². The molecule has 0 spiro atoms. The Kier molecular flexibility index (Phi) is 24.1. The number of nitrogen functional groups attached to an aromatic ring is 2. The smallest absolute Gasteiger partial charge is 0.416 e. The summed E-state index contributed by atoms with van der Waals surface area (Å²) in [6.07, 6.45) is -8.47. The highest BCUT2D eigenvalue weighted by Crippen LogP contribution is 2.37. The molecule has 4 aliphatic rings. The van der Waals surface area contributed by atoms with E-state index in [9.17, 15) is 72.0 Å². The van der Waals surface area contributed by atoms with E-state index in [1.54, 1.807) is 84.4 Å². The molecule has 37 nitrogen and oxygen atoms in total. The molecule has 119 heavy (non-hydrogen) atoms. The van der Waals surface area contributed by atoms with Crippen LogP contribution < -0.4 is 80.3 Å². The number of aryl methyl sites for hydroxylation is 3. The van der Waals surface area contributed by atoms with E-state index in [0.29, 0.717) is 73.6 Å². The Balaban J connectivity index is 0.000000138. The summed E-state index contributed by atoms with van der Waals surface area (Å²) in [5, 5.41) is 50.7. The number of alkyl halides is 3. The maximum Gasteiger partial charge on any atom is 0.416 e. The molecule has 6 aromatic heterocycles. The van der Waals surface area contributed by atoms with Crippen molar-refractivity contribution in [3.63, 3.8) is 0 Å². The van der Waals surface area contributed by atoms with Crippen molar-refractivity contribution in [2.75, 3.05) is 76.7 Å². The summed E-state index contributed by atoms with van der Waals surface area (Å²) in [4.78, 5) is 139. The number of ether oxygens (including phenoxy) is 4. The molecule has 0 aliphatic carbocycles. The lowest BCUT2D eigenvalue weighted by Gasteiger charge is -2.37. The molecule has 12 N–H and O–H groups in total. The molecule has 0 saturated carbocycles. The van der Waals surface area contributed by atoms with Gasteiger partial charge in [-0.3, -0.25) is 38.2 Å². The lowest BCUT2D eigenvalue weighted by atomic mass is 10.1. The maximum atomic E-state index is 13.1.